The first-order valence-electron chi connectivity index (χ1n) is 6.30. The molecule has 1 aliphatic heterocycles. The molecule has 19 heavy (non-hydrogen) atoms. The number of hydrogen-bond acceptors (Lipinski definition) is 3. The van der Waals surface area contributed by atoms with E-state index in [9.17, 15) is 8.42 Å². The number of hydrogen-bond donors (Lipinski definition) is 1. The number of nitrogens with one attached hydrogen (secondary N) is 1. The minimum atomic E-state index is -3.18. The van der Waals surface area contributed by atoms with Crippen molar-refractivity contribution in [3.63, 3.8) is 0 Å². The highest BCUT2D eigenvalue weighted by Crippen LogP contribution is 2.32. The zero-order valence-corrected chi connectivity index (χ0v) is 11.2. The van der Waals surface area contributed by atoms with Crippen LogP contribution >= 0.6 is 0 Å². The average molecular weight is 273 g/mol. The molecule has 1 aliphatic rings. The highest BCUT2D eigenvalue weighted by molar-refractivity contribution is 7.91. The molecule has 4 heteroatoms. The van der Waals surface area contributed by atoms with Gasteiger partial charge in [0.05, 0.1) is 22.4 Å². The number of fused-ring (bicyclic) bond motifs is 1. The van der Waals surface area contributed by atoms with E-state index in [1.807, 2.05) is 42.5 Å². The number of rotatable bonds is 1. The Hall–Kier alpha value is -1.81. The molecule has 0 amide bonds. The van der Waals surface area contributed by atoms with E-state index in [0.29, 0.717) is 17.0 Å². The molecule has 0 fully saturated rings. The lowest BCUT2D eigenvalue weighted by Crippen LogP contribution is -2.10. The molecule has 1 heterocycles. The molecule has 0 spiro atoms. The monoisotopic (exact) mass is 273 g/mol. The second-order valence-electron chi connectivity index (χ2n) is 4.71. The molecule has 0 radical (unpaired) electrons. The summed E-state index contributed by atoms with van der Waals surface area (Å²) in [5.41, 5.74) is 1.82. The summed E-state index contributed by atoms with van der Waals surface area (Å²) >= 11 is 0. The molecule has 1 atom stereocenters. The van der Waals surface area contributed by atoms with Crippen LogP contribution in [0.2, 0.25) is 0 Å². The first-order chi connectivity index (χ1) is 9.17. The smallest absolute Gasteiger partial charge is 0.180 e. The van der Waals surface area contributed by atoms with Crippen LogP contribution in [0.1, 0.15) is 18.0 Å². The van der Waals surface area contributed by atoms with Crippen molar-refractivity contribution in [1.82, 2.24) is 0 Å². The van der Waals surface area contributed by atoms with Gasteiger partial charge in [0.15, 0.2) is 9.84 Å². The Balaban J connectivity index is 2.04. The number of anilines is 1. The summed E-state index contributed by atoms with van der Waals surface area (Å²) in [5.74, 6) is 0.177. The van der Waals surface area contributed by atoms with E-state index in [0.717, 1.165) is 5.56 Å². The third-order valence-electron chi connectivity index (χ3n) is 3.43. The van der Waals surface area contributed by atoms with Crippen LogP contribution in [0.3, 0.4) is 0 Å². The first kappa shape index (κ1) is 12.2. The number of para-hydroxylation sites is 1. The molecule has 0 saturated heterocycles. The van der Waals surface area contributed by atoms with Crippen molar-refractivity contribution in [2.75, 3.05) is 11.1 Å². The van der Waals surface area contributed by atoms with Crippen LogP contribution in [0.15, 0.2) is 59.5 Å². The zero-order chi connectivity index (χ0) is 13.3. The summed E-state index contributed by atoms with van der Waals surface area (Å²) in [4.78, 5) is 0.411. The SMILES string of the molecule is O=S1(=O)CCC(c2ccccc2)Nc2ccccc21. The van der Waals surface area contributed by atoms with Gasteiger partial charge in [-0.3, -0.25) is 0 Å². The van der Waals surface area contributed by atoms with Crippen molar-refractivity contribution in [2.24, 2.45) is 0 Å². The molecule has 0 aromatic heterocycles. The van der Waals surface area contributed by atoms with Gasteiger partial charge in [-0.1, -0.05) is 42.5 Å². The highest BCUT2D eigenvalue weighted by Gasteiger charge is 2.26. The van der Waals surface area contributed by atoms with Crippen molar-refractivity contribution in [2.45, 2.75) is 17.4 Å². The predicted molar refractivity (Wildman–Crippen MR) is 75.9 cm³/mol. The second kappa shape index (κ2) is 4.70. The van der Waals surface area contributed by atoms with Crippen molar-refractivity contribution in [3.05, 3.63) is 60.2 Å². The summed E-state index contributed by atoms with van der Waals surface area (Å²) in [6, 6.07) is 17.1. The molecule has 1 N–H and O–H groups in total. The van der Waals surface area contributed by atoms with Gasteiger partial charge in [0.1, 0.15) is 0 Å². The quantitative estimate of drug-likeness (QED) is 0.868. The van der Waals surface area contributed by atoms with E-state index in [2.05, 4.69) is 5.32 Å². The van der Waals surface area contributed by atoms with Gasteiger partial charge in [-0.2, -0.15) is 0 Å². The maximum atomic E-state index is 12.2. The Morgan fingerprint density at radius 1 is 0.947 bits per heavy atom. The average Bonchev–Trinajstić information content (AvgIpc) is 2.57. The van der Waals surface area contributed by atoms with Crippen LogP contribution in [0.25, 0.3) is 0 Å². The van der Waals surface area contributed by atoms with E-state index in [4.69, 9.17) is 0 Å². The zero-order valence-electron chi connectivity index (χ0n) is 10.4. The van der Waals surface area contributed by atoms with Crippen LogP contribution in [0.5, 0.6) is 0 Å². The Kier molecular flexibility index (Phi) is 3.03. The fraction of sp³-hybridized carbons (Fsp3) is 0.200. The Morgan fingerprint density at radius 2 is 1.63 bits per heavy atom. The summed E-state index contributed by atoms with van der Waals surface area (Å²) in [7, 11) is -3.18. The highest BCUT2D eigenvalue weighted by atomic mass is 32.2. The van der Waals surface area contributed by atoms with E-state index in [-0.39, 0.29) is 11.8 Å². The minimum absolute atomic E-state index is 0.0413. The van der Waals surface area contributed by atoms with Gasteiger partial charge in [0, 0.05) is 0 Å². The fourth-order valence-electron chi connectivity index (χ4n) is 2.44. The van der Waals surface area contributed by atoms with Crippen molar-refractivity contribution < 1.29 is 8.42 Å². The minimum Gasteiger partial charge on any atom is -0.377 e. The van der Waals surface area contributed by atoms with Crippen LogP contribution in [0.4, 0.5) is 5.69 Å². The maximum absolute atomic E-state index is 12.2. The fourth-order valence-corrected chi connectivity index (χ4v) is 3.95. The number of benzene rings is 2. The standard InChI is InChI=1S/C15H15NO2S/c17-19(18)11-10-13(12-6-2-1-3-7-12)16-14-8-4-5-9-15(14)19/h1-9,13,16H,10-11H2. The molecular weight excluding hydrogens is 258 g/mol. The van der Waals surface area contributed by atoms with E-state index < -0.39 is 9.84 Å². The number of sulfone groups is 1. The molecular formula is C15H15NO2S. The molecule has 98 valence electrons. The third-order valence-corrected chi connectivity index (χ3v) is 5.23. The third kappa shape index (κ3) is 2.36. The molecule has 0 aliphatic carbocycles. The van der Waals surface area contributed by atoms with Gasteiger partial charge in [-0.15, -0.1) is 0 Å². The summed E-state index contributed by atoms with van der Waals surface area (Å²) in [5, 5.41) is 3.35. The van der Waals surface area contributed by atoms with Crippen LogP contribution in [0, 0.1) is 0 Å². The lowest BCUT2D eigenvalue weighted by Gasteiger charge is -2.17. The molecule has 2 aromatic carbocycles. The predicted octanol–water partition coefficient (Wildman–Crippen LogP) is 3.02. The van der Waals surface area contributed by atoms with Gasteiger partial charge in [-0.25, -0.2) is 8.42 Å². The molecule has 3 nitrogen and oxygen atoms in total. The van der Waals surface area contributed by atoms with Crippen LogP contribution in [-0.4, -0.2) is 14.2 Å². The maximum Gasteiger partial charge on any atom is 0.180 e. The molecule has 0 bridgehead atoms. The van der Waals surface area contributed by atoms with E-state index in [1.165, 1.54) is 0 Å². The van der Waals surface area contributed by atoms with Gasteiger partial charge in [-0.05, 0) is 24.1 Å². The van der Waals surface area contributed by atoms with E-state index in [1.54, 1.807) is 12.1 Å². The Bertz CT molecular complexity index is 680. The normalized spacial score (nSPS) is 20.9. The summed E-state index contributed by atoms with van der Waals surface area (Å²) in [6.45, 7) is 0. The summed E-state index contributed by atoms with van der Waals surface area (Å²) < 4.78 is 24.5. The lowest BCUT2D eigenvalue weighted by molar-refractivity contribution is 0.593. The molecule has 0 saturated carbocycles. The largest absolute Gasteiger partial charge is 0.377 e. The van der Waals surface area contributed by atoms with Gasteiger partial charge >= 0.3 is 0 Å². The Morgan fingerprint density at radius 3 is 2.42 bits per heavy atom. The molecule has 1 unspecified atom stereocenters. The van der Waals surface area contributed by atoms with Gasteiger partial charge < -0.3 is 5.32 Å². The van der Waals surface area contributed by atoms with Crippen molar-refractivity contribution in [3.8, 4) is 0 Å². The van der Waals surface area contributed by atoms with Crippen molar-refractivity contribution in [1.29, 1.82) is 0 Å². The summed E-state index contributed by atoms with van der Waals surface area (Å²) in [6.07, 6.45) is 0.584. The Labute approximate surface area is 113 Å². The second-order valence-corrected chi connectivity index (χ2v) is 6.79. The van der Waals surface area contributed by atoms with E-state index >= 15 is 0 Å². The van der Waals surface area contributed by atoms with Crippen LogP contribution < -0.4 is 5.32 Å². The van der Waals surface area contributed by atoms with Gasteiger partial charge in [0.2, 0.25) is 0 Å². The van der Waals surface area contributed by atoms with Crippen LogP contribution in [-0.2, 0) is 9.84 Å². The molecule has 2 aromatic rings. The molecule has 3 rings (SSSR count). The van der Waals surface area contributed by atoms with Gasteiger partial charge in [0.25, 0.3) is 0 Å². The van der Waals surface area contributed by atoms with Crippen molar-refractivity contribution >= 4 is 15.5 Å². The lowest BCUT2D eigenvalue weighted by atomic mass is 10.0. The first-order valence-corrected chi connectivity index (χ1v) is 7.95. The topological polar surface area (TPSA) is 46.2 Å².